The number of fused-ring (bicyclic) bond motifs is 1. The van der Waals surface area contributed by atoms with Crippen LogP contribution in [0.2, 0.25) is 0 Å². The molecule has 0 aromatic heterocycles. The predicted molar refractivity (Wildman–Crippen MR) is 105 cm³/mol. The lowest BCUT2D eigenvalue weighted by Crippen LogP contribution is -2.53. The van der Waals surface area contributed by atoms with E-state index < -0.39 is 10.0 Å². The standard InChI is InChI=1S/C21H24N2O3S/c1-16-8-10-18(11-9-16)27(25,26)23-14-13-21(12-4-7-20(24)22-21)15-17-5-2-3-6-19(17)23/h2-3,5-6,8-11H,4,7,12-15H2,1H3,(H,22,24). The Balaban J connectivity index is 1.76. The number of aryl methyl sites for hydroxylation is 1. The van der Waals surface area contributed by atoms with Crippen LogP contribution < -0.4 is 9.62 Å². The molecule has 2 aliphatic heterocycles. The van der Waals surface area contributed by atoms with Crippen LogP contribution >= 0.6 is 0 Å². The first kappa shape index (κ1) is 18.0. The molecule has 1 fully saturated rings. The number of sulfonamides is 1. The van der Waals surface area contributed by atoms with Crippen LogP contribution in [0.1, 0.15) is 36.8 Å². The van der Waals surface area contributed by atoms with E-state index in [9.17, 15) is 13.2 Å². The maximum Gasteiger partial charge on any atom is 0.264 e. The molecule has 1 atom stereocenters. The van der Waals surface area contributed by atoms with Crippen molar-refractivity contribution in [2.45, 2.75) is 49.5 Å². The quantitative estimate of drug-likeness (QED) is 0.865. The summed E-state index contributed by atoms with van der Waals surface area (Å²) >= 11 is 0. The first-order chi connectivity index (χ1) is 12.9. The summed E-state index contributed by atoms with van der Waals surface area (Å²) < 4.78 is 28.3. The zero-order chi connectivity index (χ0) is 19.1. The van der Waals surface area contributed by atoms with E-state index in [1.807, 2.05) is 43.3 Å². The lowest BCUT2D eigenvalue weighted by molar-refractivity contribution is -0.125. The molecule has 27 heavy (non-hydrogen) atoms. The van der Waals surface area contributed by atoms with Crippen LogP contribution in [0.25, 0.3) is 0 Å². The van der Waals surface area contributed by atoms with E-state index in [1.54, 1.807) is 12.1 Å². The second-order valence-corrected chi connectivity index (χ2v) is 9.49. The van der Waals surface area contributed by atoms with Gasteiger partial charge < -0.3 is 5.32 Å². The van der Waals surface area contributed by atoms with Crippen molar-refractivity contribution in [1.29, 1.82) is 0 Å². The minimum absolute atomic E-state index is 0.0635. The molecule has 6 heteroatoms. The van der Waals surface area contributed by atoms with Crippen molar-refractivity contribution < 1.29 is 13.2 Å². The van der Waals surface area contributed by atoms with Gasteiger partial charge in [-0.3, -0.25) is 9.10 Å². The van der Waals surface area contributed by atoms with Gasteiger partial charge in [0.05, 0.1) is 10.6 Å². The number of amides is 1. The molecule has 5 nitrogen and oxygen atoms in total. The summed E-state index contributed by atoms with van der Waals surface area (Å²) in [5.74, 6) is 0.0635. The van der Waals surface area contributed by atoms with E-state index in [0.717, 1.165) is 29.7 Å². The largest absolute Gasteiger partial charge is 0.350 e. The molecule has 1 amide bonds. The molecule has 1 N–H and O–H groups in total. The summed E-state index contributed by atoms with van der Waals surface area (Å²) in [6.07, 6.45) is 3.55. The molecule has 4 rings (SSSR count). The van der Waals surface area contributed by atoms with Gasteiger partial charge in [-0.05, 0) is 56.4 Å². The Bertz CT molecular complexity index is 969. The van der Waals surface area contributed by atoms with Crippen molar-refractivity contribution in [2.75, 3.05) is 10.8 Å². The summed E-state index contributed by atoms with van der Waals surface area (Å²) in [4.78, 5) is 12.3. The number of carbonyl (C=O) groups excluding carboxylic acids is 1. The number of hydrogen-bond acceptors (Lipinski definition) is 3. The highest BCUT2D eigenvalue weighted by Crippen LogP contribution is 2.37. The highest BCUT2D eigenvalue weighted by atomic mass is 32.2. The fourth-order valence-electron chi connectivity index (χ4n) is 4.21. The molecule has 1 unspecified atom stereocenters. The third-order valence-electron chi connectivity index (χ3n) is 5.66. The average molecular weight is 385 g/mol. The van der Waals surface area contributed by atoms with Gasteiger partial charge >= 0.3 is 0 Å². The van der Waals surface area contributed by atoms with E-state index >= 15 is 0 Å². The number of nitrogens with zero attached hydrogens (tertiary/aromatic N) is 1. The average Bonchev–Trinajstić information content (AvgIpc) is 2.78. The molecule has 1 spiro atoms. The summed E-state index contributed by atoms with van der Waals surface area (Å²) in [5.41, 5.74) is 2.35. The third-order valence-corrected chi connectivity index (χ3v) is 7.48. The number of nitrogens with one attached hydrogen (secondary N) is 1. The van der Waals surface area contributed by atoms with E-state index in [1.165, 1.54) is 4.31 Å². The molecule has 0 radical (unpaired) electrons. The Morgan fingerprint density at radius 3 is 2.52 bits per heavy atom. The zero-order valence-electron chi connectivity index (χ0n) is 15.4. The predicted octanol–water partition coefficient (Wildman–Crippen LogP) is 3.18. The first-order valence-corrected chi connectivity index (χ1v) is 10.8. The molecular weight excluding hydrogens is 360 g/mol. The van der Waals surface area contributed by atoms with Crippen molar-refractivity contribution in [3.63, 3.8) is 0 Å². The lowest BCUT2D eigenvalue weighted by atomic mass is 9.81. The number of rotatable bonds is 2. The van der Waals surface area contributed by atoms with Crippen LogP contribution in [0.15, 0.2) is 53.4 Å². The van der Waals surface area contributed by atoms with Gasteiger partial charge in [-0.1, -0.05) is 35.9 Å². The minimum Gasteiger partial charge on any atom is -0.350 e. The first-order valence-electron chi connectivity index (χ1n) is 9.38. The van der Waals surface area contributed by atoms with Crippen LogP contribution in [0.5, 0.6) is 0 Å². The van der Waals surface area contributed by atoms with Gasteiger partial charge in [-0.25, -0.2) is 8.42 Å². The Morgan fingerprint density at radius 2 is 1.78 bits per heavy atom. The smallest absolute Gasteiger partial charge is 0.264 e. The maximum absolute atomic E-state index is 13.4. The Morgan fingerprint density at radius 1 is 1.04 bits per heavy atom. The molecule has 0 bridgehead atoms. The molecule has 2 heterocycles. The van der Waals surface area contributed by atoms with E-state index in [0.29, 0.717) is 30.7 Å². The summed E-state index contributed by atoms with van der Waals surface area (Å²) in [6, 6.07) is 14.6. The number of para-hydroxylation sites is 1. The molecule has 1 saturated heterocycles. The van der Waals surface area contributed by atoms with Gasteiger partial charge in [0, 0.05) is 18.5 Å². The maximum atomic E-state index is 13.4. The molecule has 0 saturated carbocycles. The van der Waals surface area contributed by atoms with E-state index in [4.69, 9.17) is 0 Å². The van der Waals surface area contributed by atoms with Gasteiger partial charge in [0.1, 0.15) is 0 Å². The molecule has 2 aromatic rings. The van der Waals surface area contributed by atoms with Crippen LogP contribution in [-0.2, 0) is 21.2 Å². The second kappa shape index (κ2) is 6.68. The number of piperidine rings is 1. The minimum atomic E-state index is -3.66. The monoisotopic (exact) mass is 384 g/mol. The molecule has 142 valence electrons. The van der Waals surface area contributed by atoms with Crippen LogP contribution in [0.3, 0.4) is 0 Å². The van der Waals surface area contributed by atoms with Gasteiger partial charge in [-0.2, -0.15) is 0 Å². The fraction of sp³-hybridized carbons (Fsp3) is 0.381. The van der Waals surface area contributed by atoms with Gasteiger partial charge in [0.2, 0.25) is 5.91 Å². The number of benzene rings is 2. The van der Waals surface area contributed by atoms with Gasteiger partial charge in [0.25, 0.3) is 10.0 Å². The Kier molecular flexibility index (Phi) is 4.46. The van der Waals surface area contributed by atoms with Crippen molar-refractivity contribution in [3.05, 3.63) is 59.7 Å². The van der Waals surface area contributed by atoms with Crippen molar-refractivity contribution in [1.82, 2.24) is 5.32 Å². The van der Waals surface area contributed by atoms with Crippen LogP contribution in [-0.4, -0.2) is 26.4 Å². The van der Waals surface area contributed by atoms with Gasteiger partial charge in [0.15, 0.2) is 0 Å². The zero-order valence-corrected chi connectivity index (χ0v) is 16.3. The second-order valence-electron chi connectivity index (χ2n) is 7.63. The highest BCUT2D eigenvalue weighted by molar-refractivity contribution is 7.92. The molecule has 2 aromatic carbocycles. The Labute approximate surface area is 160 Å². The van der Waals surface area contributed by atoms with Crippen molar-refractivity contribution in [3.8, 4) is 0 Å². The lowest BCUT2D eigenvalue weighted by Gasteiger charge is -2.37. The molecule has 2 aliphatic rings. The molecule has 0 aliphatic carbocycles. The summed E-state index contributed by atoms with van der Waals surface area (Å²) in [7, 11) is -3.66. The van der Waals surface area contributed by atoms with Crippen molar-refractivity contribution in [2.24, 2.45) is 0 Å². The van der Waals surface area contributed by atoms with E-state index in [-0.39, 0.29) is 11.4 Å². The van der Waals surface area contributed by atoms with Crippen molar-refractivity contribution >= 4 is 21.6 Å². The highest BCUT2D eigenvalue weighted by Gasteiger charge is 2.40. The summed E-state index contributed by atoms with van der Waals surface area (Å²) in [6.45, 7) is 2.29. The number of carbonyl (C=O) groups is 1. The molecular formula is C21H24N2O3S. The fourth-order valence-corrected chi connectivity index (χ4v) is 5.71. The Hall–Kier alpha value is -2.34. The van der Waals surface area contributed by atoms with Gasteiger partial charge in [-0.15, -0.1) is 0 Å². The van der Waals surface area contributed by atoms with Crippen LogP contribution in [0.4, 0.5) is 5.69 Å². The van der Waals surface area contributed by atoms with Crippen LogP contribution in [0, 0.1) is 6.92 Å². The summed E-state index contributed by atoms with van der Waals surface area (Å²) in [5, 5.41) is 3.17. The number of anilines is 1. The SMILES string of the molecule is Cc1ccc(S(=O)(=O)N2CCC3(CCCC(=O)N3)Cc3ccccc32)cc1. The normalized spacial score (nSPS) is 22.9. The third kappa shape index (κ3) is 3.34. The number of hydrogen-bond donors (Lipinski definition) is 1. The topological polar surface area (TPSA) is 66.5 Å². The van der Waals surface area contributed by atoms with E-state index in [2.05, 4.69) is 5.32 Å².